The lowest BCUT2D eigenvalue weighted by Gasteiger charge is -2.35. The Balaban J connectivity index is 1.29. The van der Waals surface area contributed by atoms with E-state index in [1.54, 1.807) is 10.9 Å². The quantitative estimate of drug-likeness (QED) is 0.747. The molecule has 150 valence electrons. The normalized spacial score (nSPS) is 18.8. The molecule has 2 aliphatic heterocycles. The molecule has 2 aromatic rings. The Morgan fingerprint density at radius 2 is 2.21 bits per heavy atom. The zero-order chi connectivity index (χ0) is 19.3. The van der Waals surface area contributed by atoms with Gasteiger partial charge in [-0.25, -0.2) is 0 Å². The van der Waals surface area contributed by atoms with Crippen LogP contribution in [0.4, 0.5) is 0 Å². The lowest BCUT2D eigenvalue weighted by atomic mass is 10.00. The summed E-state index contributed by atoms with van der Waals surface area (Å²) in [7, 11) is 0. The molecule has 2 aliphatic rings. The van der Waals surface area contributed by atoms with Gasteiger partial charge in [0.2, 0.25) is 5.91 Å². The number of piperidine rings is 1. The van der Waals surface area contributed by atoms with Gasteiger partial charge in [0.25, 0.3) is 0 Å². The zero-order valence-corrected chi connectivity index (χ0v) is 16.7. The number of benzene rings is 1. The van der Waals surface area contributed by atoms with Gasteiger partial charge in [-0.05, 0) is 44.4 Å². The Labute approximate surface area is 166 Å². The highest BCUT2D eigenvalue weighted by molar-refractivity contribution is 5.78. The number of aromatic nitrogens is 2. The molecule has 1 aromatic carbocycles. The Hall–Kier alpha value is -2.34. The third-order valence-corrected chi connectivity index (χ3v) is 5.90. The monoisotopic (exact) mass is 382 g/mol. The number of hydrogen-bond donors (Lipinski definition) is 1. The molecule has 1 fully saturated rings. The predicted octanol–water partition coefficient (Wildman–Crippen LogP) is 3.21. The van der Waals surface area contributed by atoms with Crippen LogP contribution in [-0.4, -0.2) is 46.3 Å². The minimum absolute atomic E-state index is 0.0144. The summed E-state index contributed by atoms with van der Waals surface area (Å²) in [6.45, 7) is 6.01. The fourth-order valence-electron chi connectivity index (χ4n) is 4.42. The highest BCUT2D eigenvalue weighted by atomic mass is 16.5. The summed E-state index contributed by atoms with van der Waals surface area (Å²) in [4.78, 5) is 15.1. The maximum absolute atomic E-state index is 12.5. The fraction of sp³-hybridized carbons (Fsp3) is 0.545. The average molecular weight is 383 g/mol. The van der Waals surface area contributed by atoms with Crippen molar-refractivity contribution < 1.29 is 9.53 Å². The zero-order valence-electron chi connectivity index (χ0n) is 16.7. The molecule has 1 atom stereocenters. The molecule has 4 rings (SSSR count). The number of nitrogens with one attached hydrogen (secondary N) is 1. The number of para-hydroxylation sites is 1. The number of likely N-dealkylation sites (tertiary alicyclic amines) is 1. The van der Waals surface area contributed by atoms with Gasteiger partial charge in [-0.3, -0.25) is 9.48 Å². The van der Waals surface area contributed by atoms with Gasteiger partial charge in [0, 0.05) is 30.3 Å². The van der Waals surface area contributed by atoms with E-state index in [1.807, 2.05) is 24.3 Å². The van der Waals surface area contributed by atoms with Crippen molar-refractivity contribution in [2.24, 2.45) is 0 Å². The number of fused-ring (bicyclic) bond motifs is 3. The minimum Gasteiger partial charge on any atom is -0.488 e. The van der Waals surface area contributed by atoms with Crippen LogP contribution in [0.1, 0.15) is 44.6 Å². The summed E-state index contributed by atoms with van der Waals surface area (Å²) in [5.41, 5.74) is 3.03. The van der Waals surface area contributed by atoms with Crippen LogP contribution < -0.4 is 10.1 Å². The maximum atomic E-state index is 12.5. The number of rotatable bonds is 7. The third-order valence-electron chi connectivity index (χ3n) is 5.90. The molecule has 1 N–H and O–H groups in total. The van der Waals surface area contributed by atoms with E-state index in [0.29, 0.717) is 6.61 Å². The molecule has 0 radical (unpaired) electrons. The summed E-state index contributed by atoms with van der Waals surface area (Å²) >= 11 is 0. The summed E-state index contributed by atoms with van der Waals surface area (Å²) in [5.74, 6) is 0.865. The summed E-state index contributed by atoms with van der Waals surface area (Å²) in [5, 5.41) is 7.49. The SMILES string of the molecule is CCC1CCCCN1CCCNC(=O)Cn1ncc2c1-c1ccccc1OC2. The lowest BCUT2D eigenvalue weighted by molar-refractivity contribution is -0.121. The second kappa shape index (κ2) is 8.78. The second-order valence-electron chi connectivity index (χ2n) is 7.76. The van der Waals surface area contributed by atoms with Crippen molar-refractivity contribution in [3.8, 4) is 17.0 Å². The number of nitrogens with zero attached hydrogens (tertiary/aromatic N) is 3. The molecule has 1 aromatic heterocycles. The molecule has 0 saturated carbocycles. The van der Waals surface area contributed by atoms with Crippen LogP contribution in [0.5, 0.6) is 5.75 Å². The molecule has 0 bridgehead atoms. The Bertz CT molecular complexity index is 817. The average Bonchev–Trinajstić information content (AvgIpc) is 3.14. The van der Waals surface area contributed by atoms with Crippen molar-refractivity contribution in [2.45, 2.75) is 58.2 Å². The van der Waals surface area contributed by atoms with Crippen molar-refractivity contribution in [3.63, 3.8) is 0 Å². The van der Waals surface area contributed by atoms with Crippen LogP contribution >= 0.6 is 0 Å². The molecule has 1 saturated heterocycles. The third kappa shape index (κ3) is 4.07. The van der Waals surface area contributed by atoms with E-state index in [-0.39, 0.29) is 12.5 Å². The van der Waals surface area contributed by atoms with Gasteiger partial charge in [0.1, 0.15) is 18.9 Å². The lowest BCUT2D eigenvalue weighted by Crippen LogP contribution is -2.40. The van der Waals surface area contributed by atoms with Gasteiger partial charge in [-0.15, -0.1) is 0 Å². The predicted molar refractivity (Wildman–Crippen MR) is 109 cm³/mol. The number of carbonyl (C=O) groups is 1. The Kier molecular flexibility index (Phi) is 5.95. The molecule has 0 spiro atoms. The largest absolute Gasteiger partial charge is 0.488 e. The fourth-order valence-corrected chi connectivity index (χ4v) is 4.42. The molecule has 1 unspecified atom stereocenters. The van der Waals surface area contributed by atoms with Crippen LogP contribution in [0.2, 0.25) is 0 Å². The summed E-state index contributed by atoms with van der Waals surface area (Å²) in [6, 6.07) is 8.65. The van der Waals surface area contributed by atoms with E-state index in [4.69, 9.17) is 4.74 Å². The second-order valence-corrected chi connectivity index (χ2v) is 7.76. The highest BCUT2D eigenvalue weighted by Crippen LogP contribution is 2.36. The van der Waals surface area contributed by atoms with Crippen molar-refractivity contribution in [2.75, 3.05) is 19.6 Å². The van der Waals surface area contributed by atoms with Crippen molar-refractivity contribution in [1.29, 1.82) is 0 Å². The first-order valence-electron chi connectivity index (χ1n) is 10.5. The van der Waals surface area contributed by atoms with Crippen LogP contribution in [0, 0.1) is 0 Å². The van der Waals surface area contributed by atoms with E-state index in [2.05, 4.69) is 22.2 Å². The highest BCUT2D eigenvalue weighted by Gasteiger charge is 2.23. The molecule has 3 heterocycles. The number of amides is 1. The van der Waals surface area contributed by atoms with Crippen LogP contribution in [0.3, 0.4) is 0 Å². The van der Waals surface area contributed by atoms with E-state index in [9.17, 15) is 4.79 Å². The van der Waals surface area contributed by atoms with Crippen molar-refractivity contribution in [1.82, 2.24) is 20.0 Å². The number of hydrogen-bond acceptors (Lipinski definition) is 4. The Morgan fingerprint density at radius 1 is 1.32 bits per heavy atom. The van der Waals surface area contributed by atoms with Gasteiger partial charge >= 0.3 is 0 Å². The summed E-state index contributed by atoms with van der Waals surface area (Å²) < 4.78 is 7.56. The maximum Gasteiger partial charge on any atom is 0.241 e. The molecule has 6 nitrogen and oxygen atoms in total. The smallest absolute Gasteiger partial charge is 0.241 e. The molecular weight excluding hydrogens is 352 g/mol. The van der Waals surface area contributed by atoms with E-state index in [1.165, 1.54) is 32.2 Å². The molecule has 28 heavy (non-hydrogen) atoms. The van der Waals surface area contributed by atoms with Gasteiger partial charge < -0.3 is 15.0 Å². The van der Waals surface area contributed by atoms with Gasteiger partial charge in [0.15, 0.2) is 0 Å². The number of carbonyl (C=O) groups excluding carboxylic acids is 1. The molecule has 6 heteroatoms. The van der Waals surface area contributed by atoms with Crippen LogP contribution in [-0.2, 0) is 17.9 Å². The first-order chi connectivity index (χ1) is 13.8. The van der Waals surface area contributed by atoms with Gasteiger partial charge in [0.05, 0.1) is 11.9 Å². The van der Waals surface area contributed by atoms with Crippen LogP contribution in [0.15, 0.2) is 30.5 Å². The standard InChI is InChI=1S/C22H30N4O2/c1-2-18-8-5-6-12-25(18)13-7-11-23-21(27)15-26-22-17(14-24-26)16-28-20-10-4-3-9-19(20)22/h3-4,9-10,14,18H,2,5-8,11-13,15-16H2,1H3,(H,23,27). The van der Waals surface area contributed by atoms with Crippen molar-refractivity contribution >= 4 is 5.91 Å². The van der Waals surface area contributed by atoms with Crippen LogP contribution in [0.25, 0.3) is 11.3 Å². The van der Waals surface area contributed by atoms with E-state index in [0.717, 1.165) is 48.1 Å². The molecule has 0 aliphatic carbocycles. The molecule has 1 amide bonds. The summed E-state index contributed by atoms with van der Waals surface area (Å²) in [6.07, 6.45) is 8.00. The topological polar surface area (TPSA) is 59.4 Å². The molecular formula is C22H30N4O2. The minimum atomic E-state index is 0.0144. The Morgan fingerprint density at radius 3 is 3.11 bits per heavy atom. The van der Waals surface area contributed by atoms with E-state index < -0.39 is 0 Å². The van der Waals surface area contributed by atoms with Gasteiger partial charge in [-0.1, -0.05) is 25.5 Å². The van der Waals surface area contributed by atoms with Gasteiger partial charge in [-0.2, -0.15) is 5.10 Å². The van der Waals surface area contributed by atoms with E-state index >= 15 is 0 Å². The first kappa shape index (κ1) is 19.0. The first-order valence-corrected chi connectivity index (χ1v) is 10.5. The van der Waals surface area contributed by atoms with Crippen molar-refractivity contribution in [3.05, 3.63) is 36.0 Å². The number of ether oxygens (including phenoxy) is 1.